The van der Waals surface area contributed by atoms with Gasteiger partial charge in [-0.1, -0.05) is 0 Å². The molecule has 0 aliphatic rings. The number of carbonyl (C=O) groups is 1. The molecular formula is C7H5AgN3O3. The van der Waals surface area contributed by atoms with E-state index < -0.39 is 5.97 Å². The van der Waals surface area contributed by atoms with Gasteiger partial charge in [-0.2, -0.15) is 15.4 Å². The number of aromatic nitrogens is 3. The van der Waals surface area contributed by atoms with E-state index in [-0.39, 0.29) is 33.7 Å². The number of rotatable bonds is 1. The number of phenols is 1. The van der Waals surface area contributed by atoms with Gasteiger partial charge >= 0.3 is 5.97 Å². The van der Waals surface area contributed by atoms with E-state index in [4.69, 9.17) is 5.11 Å². The summed E-state index contributed by atoms with van der Waals surface area (Å²) in [6.45, 7) is 0. The molecule has 0 saturated heterocycles. The van der Waals surface area contributed by atoms with Gasteiger partial charge in [0.2, 0.25) is 0 Å². The Bertz CT molecular complexity index is 482. The third kappa shape index (κ3) is 1.63. The molecule has 0 aliphatic carbocycles. The summed E-state index contributed by atoms with van der Waals surface area (Å²) < 4.78 is 0. The molecule has 14 heavy (non-hydrogen) atoms. The summed E-state index contributed by atoms with van der Waals surface area (Å²) in [7, 11) is 0. The fraction of sp³-hybridized carbons (Fsp3) is 0. The molecular weight excluding hydrogens is 282 g/mol. The Kier molecular flexibility index (Phi) is 2.90. The van der Waals surface area contributed by atoms with Crippen LogP contribution >= 0.6 is 0 Å². The number of benzene rings is 1. The van der Waals surface area contributed by atoms with Crippen molar-refractivity contribution in [3.63, 3.8) is 0 Å². The first-order valence-electron chi connectivity index (χ1n) is 3.45. The Balaban J connectivity index is 0.000000980. The molecule has 6 nitrogen and oxygen atoms in total. The SMILES string of the molecule is O=C(O)c1cc2n[nH]nc2cc1O.[Ag]. The number of aromatic hydroxyl groups is 1. The Hall–Kier alpha value is -1.37. The molecule has 0 amide bonds. The summed E-state index contributed by atoms with van der Waals surface area (Å²) in [6.07, 6.45) is 0. The van der Waals surface area contributed by atoms with Gasteiger partial charge in [-0.3, -0.25) is 0 Å². The molecule has 1 radical (unpaired) electrons. The van der Waals surface area contributed by atoms with Gasteiger partial charge < -0.3 is 10.2 Å². The van der Waals surface area contributed by atoms with Crippen LogP contribution in [0.5, 0.6) is 5.75 Å². The Morgan fingerprint density at radius 2 is 1.86 bits per heavy atom. The average molecular weight is 287 g/mol. The first-order chi connectivity index (χ1) is 6.18. The smallest absolute Gasteiger partial charge is 0.339 e. The summed E-state index contributed by atoms with van der Waals surface area (Å²) in [4.78, 5) is 10.6. The van der Waals surface area contributed by atoms with Gasteiger partial charge in [0.15, 0.2) is 0 Å². The van der Waals surface area contributed by atoms with Crippen LogP contribution in [-0.2, 0) is 22.4 Å². The molecule has 2 aromatic rings. The third-order valence-electron chi connectivity index (χ3n) is 1.66. The van der Waals surface area contributed by atoms with Crippen LogP contribution in [0, 0.1) is 0 Å². The summed E-state index contributed by atoms with van der Waals surface area (Å²) in [6, 6.07) is 2.51. The van der Waals surface area contributed by atoms with Crippen LogP contribution in [0.15, 0.2) is 12.1 Å². The van der Waals surface area contributed by atoms with Crippen molar-refractivity contribution >= 4 is 17.0 Å². The zero-order chi connectivity index (χ0) is 9.42. The number of nitrogens with one attached hydrogen (secondary N) is 1. The Labute approximate surface area is 93.4 Å². The number of aromatic amines is 1. The first-order valence-corrected chi connectivity index (χ1v) is 3.45. The molecule has 2 rings (SSSR count). The molecule has 0 unspecified atom stereocenters. The predicted octanol–water partition coefficient (Wildman–Crippen LogP) is 0.359. The van der Waals surface area contributed by atoms with Crippen LogP contribution in [0.3, 0.4) is 0 Å². The minimum absolute atomic E-state index is 0. The number of fused-ring (bicyclic) bond motifs is 1. The van der Waals surface area contributed by atoms with Crippen LogP contribution in [0.4, 0.5) is 0 Å². The van der Waals surface area contributed by atoms with Gasteiger partial charge in [0.1, 0.15) is 22.3 Å². The number of hydrogen-bond donors (Lipinski definition) is 3. The fourth-order valence-corrected chi connectivity index (χ4v) is 1.05. The van der Waals surface area contributed by atoms with E-state index in [1.54, 1.807) is 0 Å². The second kappa shape index (κ2) is 3.79. The number of carboxylic acids is 1. The van der Waals surface area contributed by atoms with Gasteiger partial charge in [0.25, 0.3) is 0 Å². The normalized spacial score (nSPS) is 9.71. The van der Waals surface area contributed by atoms with Crippen LogP contribution < -0.4 is 0 Å². The maximum atomic E-state index is 10.6. The van der Waals surface area contributed by atoms with Crippen LogP contribution in [0.2, 0.25) is 0 Å². The van der Waals surface area contributed by atoms with Gasteiger partial charge in [-0.25, -0.2) is 4.79 Å². The maximum absolute atomic E-state index is 10.6. The molecule has 0 bridgehead atoms. The van der Waals surface area contributed by atoms with Crippen molar-refractivity contribution in [2.75, 3.05) is 0 Å². The first kappa shape index (κ1) is 10.7. The van der Waals surface area contributed by atoms with Crippen molar-refractivity contribution < 1.29 is 37.4 Å². The molecule has 0 fully saturated rings. The minimum atomic E-state index is -1.19. The van der Waals surface area contributed by atoms with Crippen molar-refractivity contribution in [2.45, 2.75) is 0 Å². The van der Waals surface area contributed by atoms with E-state index in [1.807, 2.05) is 0 Å². The van der Waals surface area contributed by atoms with Crippen molar-refractivity contribution in [3.8, 4) is 5.75 Å². The zero-order valence-electron chi connectivity index (χ0n) is 6.65. The molecule has 1 heterocycles. The fourth-order valence-electron chi connectivity index (χ4n) is 1.05. The molecule has 7 heteroatoms. The van der Waals surface area contributed by atoms with Gasteiger partial charge in [0, 0.05) is 28.4 Å². The summed E-state index contributed by atoms with van der Waals surface area (Å²) in [5, 5.41) is 27.6. The number of hydrogen-bond acceptors (Lipinski definition) is 4. The van der Waals surface area contributed by atoms with E-state index in [0.29, 0.717) is 11.0 Å². The Morgan fingerprint density at radius 1 is 1.29 bits per heavy atom. The molecule has 0 aliphatic heterocycles. The van der Waals surface area contributed by atoms with E-state index in [9.17, 15) is 9.90 Å². The molecule has 1 aromatic heterocycles. The molecule has 3 N–H and O–H groups in total. The number of carboxylic acid groups (broad SMARTS) is 1. The standard InChI is InChI=1S/C7H5N3O3.Ag/c11-6-2-5-4(8-10-9-5)1-3(6)7(12)13;/h1-2,11H,(H,12,13)(H,8,9,10);. The second-order valence-corrected chi connectivity index (χ2v) is 2.49. The molecule has 0 saturated carbocycles. The monoisotopic (exact) mass is 286 g/mol. The predicted molar refractivity (Wildman–Crippen MR) is 42.5 cm³/mol. The molecule has 1 aromatic carbocycles. The topological polar surface area (TPSA) is 99.1 Å². The van der Waals surface area contributed by atoms with Crippen LogP contribution in [-0.4, -0.2) is 31.6 Å². The van der Waals surface area contributed by atoms with Crippen molar-refractivity contribution in [2.24, 2.45) is 0 Å². The number of H-pyrrole nitrogens is 1. The van der Waals surface area contributed by atoms with Gasteiger partial charge in [-0.05, 0) is 6.07 Å². The third-order valence-corrected chi connectivity index (χ3v) is 1.66. The second-order valence-electron chi connectivity index (χ2n) is 2.49. The zero-order valence-corrected chi connectivity index (χ0v) is 8.14. The Morgan fingerprint density at radius 3 is 2.43 bits per heavy atom. The summed E-state index contributed by atoms with van der Waals surface area (Å²) in [5.74, 6) is -1.50. The van der Waals surface area contributed by atoms with Crippen LogP contribution in [0.1, 0.15) is 10.4 Å². The van der Waals surface area contributed by atoms with Gasteiger partial charge in [0.05, 0.1) is 0 Å². The minimum Gasteiger partial charge on any atom is -0.507 e. The quantitative estimate of drug-likeness (QED) is 0.658. The average Bonchev–Trinajstić information content (AvgIpc) is 2.48. The van der Waals surface area contributed by atoms with Crippen molar-refractivity contribution in [1.82, 2.24) is 15.4 Å². The maximum Gasteiger partial charge on any atom is 0.339 e. The van der Waals surface area contributed by atoms with Gasteiger partial charge in [-0.15, -0.1) is 0 Å². The van der Waals surface area contributed by atoms with Crippen molar-refractivity contribution in [3.05, 3.63) is 17.7 Å². The van der Waals surface area contributed by atoms with Crippen molar-refractivity contribution in [1.29, 1.82) is 0 Å². The van der Waals surface area contributed by atoms with E-state index in [0.717, 1.165) is 0 Å². The molecule has 0 atom stereocenters. The van der Waals surface area contributed by atoms with Crippen LogP contribution in [0.25, 0.3) is 11.0 Å². The largest absolute Gasteiger partial charge is 0.507 e. The van der Waals surface area contributed by atoms with E-state index >= 15 is 0 Å². The number of aromatic carboxylic acids is 1. The summed E-state index contributed by atoms with van der Waals surface area (Å²) in [5.41, 5.74) is 0.666. The van der Waals surface area contributed by atoms with E-state index in [2.05, 4.69) is 15.4 Å². The molecule has 77 valence electrons. The summed E-state index contributed by atoms with van der Waals surface area (Å²) >= 11 is 0. The van der Waals surface area contributed by atoms with E-state index in [1.165, 1.54) is 12.1 Å². The molecule has 0 spiro atoms. The number of nitrogens with zero attached hydrogens (tertiary/aromatic N) is 2.